The molecule has 1 aromatic heterocycles. The number of thiocarbonyl (C=S) groups is 1. The fraction of sp³-hybridized carbons (Fsp3) is 0.0769. The first kappa shape index (κ1) is 14.5. The monoisotopic (exact) mass is 354 g/mol. The molecule has 1 aromatic carbocycles. The molecule has 2 N–H and O–H groups in total. The molecule has 7 heteroatoms. The molecule has 1 heterocycles. The Morgan fingerprint density at radius 2 is 2.05 bits per heavy atom. The van der Waals surface area contributed by atoms with Crippen molar-refractivity contribution in [3.05, 3.63) is 46.8 Å². The zero-order valence-corrected chi connectivity index (χ0v) is 12.9. The van der Waals surface area contributed by atoms with Crippen LogP contribution in [0.2, 0.25) is 0 Å². The molecule has 20 heavy (non-hydrogen) atoms. The van der Waals surface area contributed by atoms with E-state index in [2.05, 4.69) is 26.6 Å². The van der Waals surface area contributed by atoms with Gasteiger partial charge in [0.15, 0.2) is 15.5 Å². The fourth-order valence-electron chi connectivity index (χ4n) is 1.50. The van der Waals surface area contributed by atoms with E-state index < -0.39 is 5.91 Å². The molecule has 0 aliphatic heterocycles. The van der Waals surface area contributed by atoms with Crippen LogP contribution in [0, 0.1) is 0 Å². The first-order valence-electron chi connectivity index (χ1n) is 5.61. The van der Waals surface area contributed by atoms with Crippen molar-refractivity contribution >= 4 is 44.9 Å². The highest BCUT2D eigenvalue weighted by molar-refractivity contribution is 9.10. The number of rotatable bonds is 3. The first-order valence-corrected chi connectivity index (χ1v) is 6.81. The van der Waals surface area contributed by atoms with E-state index in [1.807, 2.05) is 12.1 Å². The molecule has 0 radical (unpaired) electrons. The van der Waals surface area contributed by atoms with Gasteiger partial charge in [-0.05, 0) is 52.4 Å². The first-order chi connectivity index (χ1) is 9.60. The van der Waals surface area contributed by atoms with Crippen molar-refractivity contribution in [1.29, 1.82) is 0 Å². The predicted octanol–water partition coefficient (Wildman–Crippen LogP) is 3.18. The van der Waals surface area contributed by atoms with Gasteiger partial charge in [0.05, 0.1) is 12.8 Å². The van der Waals surface area contributed by atoms with Crippen LogP contribution in [0.4, 0.5) is 5.69 Å². The Balaban J connectivity index is 2.00. The Morgan fingerprint density at radius 1 is 1.30 bits per heavy atom. The van der Waals surface area contributed by atoms with E-state index in [0.717, 1.165) is 0 Å². The Bertz CT molecular complexity index is 642. The molecule has 2 aromatic rings. The summed E-state index contributed by atoms with van der Waals surface area (Å²) in [5.74, 6) is 0.369. The number of ether oxygens (including phenoxy) is 1. The van der Waals surface area contributed by atoms with Crippen LogP contribution in [0.1, 0.15) is 10.6 Å². The lowest BCUT2D eigenvalue weighted by Crippen LogP contribution is -2.33. The zero-order chi connectivity index (χ0) is 14.5. The van der Waals surface area contributed by atoms with Crippen LogP contribution in [0.25, 0.3) is 0 Å². The van der Waals surface area contributed by atoms with Crippen LogP contribution in [0.15, 0.2) is 45.5 Å². The summed E-state index contributed by atoms with van der Waals surface area (Å²) in [6, 6.07) is 10.4. The van der Waals surface area contributed by atoms with E-state index in [-0.39, 0.29) is 10.9 Å². The number of hydrogen-bond acceptors (Lipinski definition) is 4. The molecule has 0 aliphatic rings. The highest BCUT2D eigenvalue weighted by Crippen LogP contribution is 2.22. The van der Waals surface area contributed by atoms with E-state index in [4.69, 9.17) is 21.4 Å². The number of carbonyl (C=O) groups is 1. The molecular weight excluding hydrogens is 344 g/mol. The summed E-state index contributed by atoms with van der Waals surface area (Å²) >= 11 is 8.20. The molecule has 0 aliphatic carbocycles. The predicted molar refractivity (Wildman–Crippen MR) is 83.1 cm³/mol. The van der Waals surface area contributed by atoms with Crippen LogP contribution < -0.4 is 15.4 Å². The number of amides is 1. The van der Waals surface area contributed by atoms with Crippen molar-refractivity contribution in [3.8, 4) is 5.75 Å². The molecular formula is C13H11BrN2O3S. The van der Waals surface area contributed by atoms with Gasteiger partial charge in [0, 0.05) is 0 Å². The third-order valence-corrected chi connectivity index (χ3v) is 3.01. The summed E-state index contributed by atoms with van der Waals surface area (Å²) in [4.78, 5) is 11.8. The lowest BCUT2D eigenvalue weighted by atomic mass is 10.3. The van der Waals surface area contributed by atoms with Crippen molar-refractivity contribution in [1.82, 2.24) is 5.32 Å². The van der Waals surface area contributed by atoms with Gasteiger partial charge in [0.1, 0.15) is 5.75 Å². The molecule has 0 spiro atoms. The quantitative estimate of drug-likeness (QED) is 0.828. The van der Waals surface area contributed by atoms with E-state index in [0.29, 0.717) is 16.1 Å². The number of nitrogens with one attached hydrogen (secondary N) is 2. The molecule has 0 fully saturated rings. The van der Waals surface area contributed by atoms with Gasteiger partial charge in [-0.1, -0.05) is 12.1 Å². The fourth-order valence-corrected chi connectivity index (χ4v) is 2.01. The normalized spacial score (nSPS) is 9.90. The highest BCUT2D eigenvalue weighted by atomic mass is 79.9. The number of anilines is 1. The molecule has 2 rings (SSSR count). The van der Waals surface area contributed by atoms with Crippen LogP contribution in [0.5, 0.6) is 5.75 Å². The number of furan rings is 1. The van der Waals surface area contributed by atoms with Gasteiger partial charge in [-0.25, -0.2) is 0 Å². The van der Waals surface area contributed by atoms with Crippen LogP contribution in [-0.2, 0) is 0 Å². The van der Waals surface area contributed by atoms with Gasteiger partial charge >= 0.3 is 0 Å². The van der Waals surface area contributed by atoms with E-state index in [9.17, 15) is 4.79 Å². The summed E-state index contributed by atoms with van der Waals surface area (Å²) < 4.78 is 10.8. The minimum Gasteiger partial charge on any atom is -0.495 e. The Hall–Kier alpha value is -1.86. The number of carbonyl (C=O) groups excluding carboxylic acids is 1. The maximum absolute atomic E-state index is 11.8. The molecule has 0 saturated carbocycles. The Morgan fingerprint density at radius 3 is 2.70 bits per heavy atom. The zero-order valence-electron chi connectivity index (χ0n) is 10.5. The summed E-state index contributed by atoms with van der Waals surface area (Å²) in [5, 5.41) is 5.57. The molecule has 0 atom stereocenters. The largest absolute Gasteiger partial charge is 0.495 e. The van der Waals surface area contributed by atoms with Gasteiger partial charge in [0.2, 0.25) is 0 Å². The van der Waals surface area contributed by atoms with Crippen LogP contribution >= 0.6 is 28.1 Å². The molecule has 5 nitrogen and oxygen atoms in total. The van der Waals surface area contributed by atoms with Gasteiger partial charge in [-0.15, -0.1) is 0 Å². The highest BCUT2D eigenvalue weighted by Gasteiger charge is 2.12. The van der Waals surface area contributed by atoms with Crippen molar-refractivity contribution in [3.63, 3.8) is 0 Å². The molecule has 104 valence electrons. The van der Waals surface area contributed by atoms with Crippen molar-refractivity contribution in [2.75, 3.05) is 12.4 Å². The van der Waals surface area contributed by atoms with Crippen molar-refractivity contribution in [2.45, 2.75) is 0 Å². The SMILES string of the molecule is COc1ccccc1NC(=S)NC(=O)c1ccc(Br)o1. The number of methoxy groups -OCH3 is 1. The maximum atomic E-state index is 11.8. The summed E-state index contributed by atoms with van der Waals surface area (Å²) in [6.45, 7) is 0. The third-order valence-electron chi connectivity index (χ3n) is 2.38. The summed E-state index contributed by atoms with van der Waals surface area (Å²) in [5.41, 5.74) is 0.668. The van der Waals surface area contributed by atoms with Gasteiger partial charge < -0.3 is 14.5 Å². The van der Waals surface area contributed by atoms with E-state index >= 15 is 0 Å². The lowest BCUT2D eigenvalue weighted by Gasteiger charge is -2.11. The topological polar surface area (TPSA) is 63.5 Å². The van der Waals surface area contributed by atoms with Crippen molar-refractivity contribution < 1.29 is 13.9 Å². The average molecular weight is 355 g/mol. The summed E-state index contributed by atoms with van der Waals surface area (Å²) in [6.07, 6.45) is 0. The minimum absolute atomic E-state index is 0.159. The smallest absolute Gasteiger partial charge is 0.293 e. The minimum atomic E-state index is -0.428. The maximum Gasteiger partial charge on any atom is 0.293 e. The third kappa shape index (κ3) is 3.58. The lowest BCUT2D eigenvalue weighted by molar-refractivity contribution is 0.0949. The second-order valence-corrected chi connectivity index (χ2v) is 4.90. The van der Waals surface area contributed by atoms with Crippen LogP contribution in [0.3, 0.4) is 0 Å². The van der Waals surface area contributed by atoms with Gasteiger partial charge in [-0.3, -0.25) is 10.1 Å². The number of hydrogen-bond donors (Lipinski definition) is 2. The Labute approximate surface area is 129 Å². The number of benzene rings is 1. The second kappa shape index (κ2) is 6.53. The second-order valence-electron chi connectivity index (χ2n) is 3.71. The number of para-hydroxylation sites is 2. The molecule has 0 bridgehead atoms. The number of halogens is 1. The average Bonchev–Trinajstić information content (AvgIpc) is 2.86. The van der Waals surface area contributed by atoms with Gasteiger partial charge in [-0.2, -0.15) is 0 Å². The molecule has 0 saturated heterocycles. The standard InChI is InChI=1S/C13H11BrN2O3S/c1-18-9-5-3-2-4-8(9)15-13(20)16-12(17)10-6-7-11(14)19-10/h2-7H,1H3,(H2,15,16,17,20). The van der Waals surface area contributed by atoms with E-state index in [1.54, 1.807) is 31.4 Å². The summed E-state index contributed by atoms with van der Waals surface area (Å²) in [7, 11) is 1.56. The Kier molecular flexibility index (Phi) is 4.75. The molecule has 0 unspecified atom stereocenters. The van der Waals surface area contributed by atoms with Gasteiger partial charge in [0.25, 0.3) is 5.91 Å². The van der Waals surface area contributed by atoms with Crippen LogP contribution in [-0.4, -0.2) is 18.1 Å². The van der Waals surface area contributed by atoms with Crippen molar-refractivity contribution in [2.24, 2.45) is 0 Å². The molecule has 1 amide bonds. The van der Waals surface area contributed by atoms with E-state index in [1.165, 1.54) is 0 Å².